The van der Waals surface area contributed by atoms with E-state index >= 15 is 0 Å². The molecule has 1 saturated heterocycles. The van der Waals surface area contributed by atoms with Gasteiger partial charge in [0.05, 0.1) is 0 Å². The first-order valence-corrected chi connectivity index (χ1v) is 10.8. The molecule has 1 heterocycles. The van der Waals surface area contributed by atoms with Crippen LogP contribution in [0.25, 0.3) is 0 Å². The van der Waals surface area contributed by atoms with Crippen molar-refractivity contribution in [3.63, 3.8) is 0 Å². The third kappa shape index (κ3) is 4.86. The summed E-state index contributed by atoms with van der Waals surface area (Å²) < 4.78 is 0. The van der Waals surface area contributed by atoms with E-state index in [0.29, 0.717) is 36.4 Å². The zero-order valence-electron chi connectivity index (χ0n) is 16.3. The van der Waals surface area contributed by atoms with E-state index in [1.165, 1.54) is 51.4 Å². The number of amides is 1. The molecule has 1 amide bonds. The van der Waals surface area contributed by atoms with E-state index in [2.05, 4.69) is 13.8 Å². The summed E-state index contributed by atoms with van der Waals surface area (Å²) >= 11 is 0. The van der Waals surface area contributed by atoms with Crippen molar-refractivity contribution in [3.8, 4) is 0 Å². The van der Waals surface area contributed by atoms with Crippen molar-refractivity contribution in [2.75, 3.05) is 13.1 Å². The van der Waals surface area contributed by atoms with Crippen LogP contribution in [0.1, 0.15) is 84.5 Å². The molecule has 0 radical (unpaired) electrons. The van der Waals surface area contributed by atoms with Gasteiger partial charge in [-0.3, -0.25) is 9.59 Å². The maximum atomic E-state index is 13.0. The molecule has 0 aromatic rings. The van der Waals surface area contributed by atoms with Gasteiger partial charge in [-0.25, -0.2) is 0 Å². The lowest BCUT2D eigenvalue weighted by Gasteiger charge is -2.36. The average Bonchev–Trinajstić information content (AvgIpc) is 2.81. The fourth-order valence-electron chi connectivity index (χ4n) is 5.95. The number of nitrogens with zero attached hydrogens (tertiary/aromatic N) is 1. The Morgan fingerprint density at radius 3 is 2.12 bits per heavy atom. The highest BCUT2D eigenvalue weighted by Gasteiger charge is 2.37. The Morgan fingerprint density at radius 1 is 0.840 bits per heavy atom. The standard InChI is InChI=1S/C22H37NO2/c1-16-13-17(2)15-23(14-16)22(25)12-11-21(24)20-10-6-4-8-18-7-3-5-9-19(18)20/h16-20H,3-15H2,1-2H3. The summed E-state index contributed by atoms with van der Waals surface area (Å²) in [5.74, 6) is 3.44. The van der Waals surface area contributed by atoms with Crippen LogP contribution in [0.2, 0.25) is 0 Å². The number of likely N-dealkylation sites (tertiary alicyclic amines) is 1. The number of rotatable bonds is 4. The molecule has 3 fully saturated rings. The van der Waals surface area contributed by atoms with Gasteiger partial charge in [0.25, 0.3) is 0 Å². The van der Waals surface area contributed by atoms with Crippen molar-refractivity contribution >= 4 is 11.7 Å². The van der Waals surface area contributed by atoms with Gasteiger partial charge in [-0.1, -0.05) is 52.4 Å². The van der Waals surface area contributed by atoms with Crippen molar-refractivity contribution in [2.24, 2.45) is 29.6 Å². The van der Waals surface area contributed by atoms with Crippen LogP contribution in [0.3, 0.4) is 0 Å². The molecular weight excluding hydrogens is 310 g/mol. The fraction of sp³-hybridized carbons (Fsp3) is 0.909. The van der Waals surface area contributed by atoms with E-state index in [9.17, 15) is 9.59 Å². The molecule has 0 bridgehead atoms. The van der Waals surface area contributed by atoms with Gasteiger partial charge in [-0.2, -0.15) is 0 Å². The lowest BCUT2D eigenvalue weighted by molar-refractivity contribution is -0.136. The van der Waals surface area contributed by atoms with Crippen LogP contribution in [-0.4, -0.2) is 29.7 Å². The minimum absolute atomic E-state index is 0.209. The molecule has 2 saturated carbocycles. The Labute approximate surface area is 153 Å². The molecule has 0 aromatic carbocycles. The van der Waals surface area contributed by atoms with E-state index in [0.717, 1.165) is 25.4 Å². The molecule has 5 atom stereocenters. The van der Waals surface area contributed by atoms with Gasteiger partial charge in [0.2, 0.25) is 5.91 Å². The Kier molecular flexibility index (Phi) is 6.57. The number of carbonyl (C=O) groups excluding carboxylic acids is 2. The Morgan fingerprint density at radius 2 is 1.44 bits per heavy atom. The van der Waals surface area contributed by atoms with E-state index in [4.69, 9.17) is 0 Å². The molecule has 3 aliphatic rings. The number of carbonyl (C=O) groups is 2. The van der Waals surface area contributed by atoms with Crippen LogP contribution in [0.15, 0.2) is 0 Å². The van der Waals surface area contributed by atoms with E-state index in [1.54, 1.807) is 0 Å². The Balaban J connectivity index is 1.53. The van der Waals surface area contributed by atoms with Crippen LogP contribution in [0, 0.1) is 29.6 Å². The van der Waals surface area contributed by atoms with Gasteiger partial charge >= 0.3 is 0 Å². The molecule has 3 heteroatoms. The van der Waals surface area contributed by atoms with Gasteiger partial charge < -0.3 is 4.90 Å². The molecule has 2 aliphatic carbocycles. The summed E-state index contributed by atoms with van der Waals surface area (Å²) in [7, 11) is 0. The number of Topliss-reactive ketones (excluding diaryl/α,β-unsaturated/α-hetero) is 1. The van der Waals surface area contributed by atoms with Crippen LogP contribution in [0.4, 0.5) is 0 Å². The zero-order valence-corrected chi connectivity index (χ0v) is 16.3. The van der Waals surface area contributed by atoms with Gasteiger partial charge in [-0.05, 0) is 42.9 Å². The van der Waals surface area contributed by atoms with Crippen molar-refractivity contribution in [3.05, 3.63) is 0 Å². The third-order valence-corrected chi connectivity index (χ3v) is 7.05. The predicted octanol–water partition coefficient (Wildman–Crippen LogP) is 4.84. The molecule has 0 aromatic heterocycles. The fourth-order valence-corrected chi connectivity index (χ4v) is 5.95. The van der Waals surface area contributed by atoms with Crippen molar-refractivity contribution in [1.82, 2.24) is 4.90 Å². The van der Waals surface area contributed by atoms with Crippen LogP contribution in [-0.2, 0) is 9.59 Å². The number of piperidine rings is 1. The molecule has 3 nitrogen and oxygen atoms in total. The minimum atomic E-state index is 0.209. The van der Waals surface area contributed by atoms with Crippen LogP contribution in [0.5, 0.6) is 0 Å². The largest absolute Gasteiger partial charge is 0.342 e. The summed E-state index contributed by atoms with van der Waals surface area (Å²) in [6, 6.07) is 0. The molecule has 5 unspecified atom stereocenters. The summed E-state index contributed by atoms with van der Waals surface area (Å²) in [5, 5.41) is 0. The minimum Gasteiger partial charge on any atom is -0.342 e. The summed E-state index contributed by atoms with van der Waals surface area (Å²) in [5.41, 5.74) is 0. The molecule has 3 rings (SSSR count). The molecule has 0 spiro atoms. The second kappa shape index (κ2) is 8.68. The second-order valence-electron chi connectivity index (χ2n) is 9.31. The van der Waals surface area contributed by atoms with E-state index in [-0.39, 0.29) is 11.8 Å². The molecule has 142 valence electrons. The van der Waals surface area contributed by atoms with Crippen molar-refractivity contribution in [1.29, 1.82) is 0 Å². The number of fused-ring (bicyclic) bond motifs is 1. The first kappa shape index (κ1) is 18.9. The number of ketones is 1. The normalized spacial score (nSPS) is 36.4. The van der Waals surface area contributed by atoms with Crippen molar-refractivity contribution in [2.45, 2.75) is 84.5 Å². The number of hydrogen-bond donors (Lipinski definition) is 0. The maximum absolute atomic E-state index is 13.0. The molecular formula is C22H37NO2. The van der Waals surface area contributed by atoms with Gasteiger partial charge in [0.15, 0.2) is 0 Å². The predicted molar refractivity (Wildman–Crippen MR) is 101 cm³/mol. The first-order chi connectivity index (χ1) is 12.0. The average molecular weight is 348 g/mol. The van der Waals surface area contributed by atoms with E-state index in [1.807, 2.05) is 4.90 Å². The number of hydrogen-bond acceptors (Lipinski definition) is 2. The van der Waals surface area contributed by atoms with Crippen molar-refractivity contribution < 1.29 is 9.59 Å². The summed E-state index contributed by atoms with van der Waals surface area (Å²) in [6.07, 6.45) is 12.3. The summed E-state index contributed by atoms with van der Waals surface area (Å²) in [4.78, 5) is 27.6. The van der Waals surface area contributed by atoms with Gasteiger partial charge in [-0.15, -0.1) is 0 Å². The first-order valence-electron chi connectivity index (χ1n) is 10.8. The third-order valence-electron chi connectivity index (χ3n) is 7.05. The quantitative estimate of drug-likeness (QED) is 0.730. The lowest BCUT2D eigenvalue weighted by atomic mass is 9.70. The monoisotopic (exact) mass is 347 g/mol. The van der Waals surface area contributed by atoms with Gasteiger partial charge in [0, 0.05) is 31.8 Å². The van der Waals surface area contributed by atoms with Crippen LogP contribution >= 0.6 is 0 Å². The van der Waals surface area contributed by atoms with Gasteiger partial charge in [0.1, 0.15) is 5.78 Å². The molecule has 0 N–H and O–H groups in total. The second-order valence-corrected chi connectivity index (χ2v) is 9.31. The van der Waals surface area contributed by atoms with E-state index < -0.39 is 0 Å². The SMILES string of the molecule is CC1CC(C)CN(C(=O)CCC(=O)C2CCCCC3CCCCC32)C1. The molecule has 1 aliphatic heterocycles. The van der Waals surface area contributed by atoms with Crippen LogP contribution < -0.4 is 0 Å². The Bertz CT molecular complexity index is 465. The smallest absolute Gasteiger partial charge is 0.223 e. The maximum Gasteiger partial charge on any atom is 0.223 e. The molecule has 25 heavy (non-hydrogen) atoms. The topological polar surface area (TPSA) is 37.4 Å². The lowest BCUT2D eigenvalue weighted by Crippen LogP contribution is -2.42. The highest BCUT2D eigenvalue weighted by Crippen LogP contribution is 2.43. The Hall–Kier alpha value is -0.860. The highest BCUT2D eigenvalue weighted by molar-refractivity contribution is 5.86. The zero-order chi connectivity index (χ0) is 17.8. The highest BCUT2D eigenvalue weighted by atomic mass is 16.2. The summed E-state index contributed by atoms with van der Waals surface area (Å²) in [6.45, 7) is 6.22.